The maximum absolute atomic E-state index is 13.6. The van der Waals surface area contributed by atoms with Gasteiger partial charge in [-0.1, -0.05) is 39.8 Å². The first-order valence-corrected chi connectivity index (χ1v) is 16.9. The number of halogens is 1. The number of nitrogens with zero attached hydrogens (tertiary/aromatic N) is 4. The second-order valence-electron chi connectivity index (χ2n) is 10.0. The lowest BCUT2D eigenvalue weighted by Crippen LogP contribution is -2.43. The average molecular weight is 590 g/mol. The average Bonchev–Trinajstić information content (AvgIpc) is 3.03. The Kier molecular flexibility index (Phi) is 9.85. The van der Waals surface area contributed by atoms with Crippen LogP contribution in [0.15, 0.2) is 33.6 Å². The summed E-state index contributed by atoms with van der Waals surface area (Å²) >= 11 is 3.61. The molecule has 12 heteroatoms. The molecule has 1 aromatic carbocycles. The summed E-state index contributed by atoms with van der Waals surface area (Å²) in [6, 6.07) is 5.47. The number of benzene rings is 1. The second kappa shape index (κ2) is 11.6. The first-order chi connectivity index (χ1) is 16.1. The number of nitro groups is 1. The molecule has 0 N–H and O–H groups in total. The number of para-hydroxylation sites is 1. The number of hydrogen-bond donors (Lipinski definition) is 0. The van der Waals surface area contributed by atoms with Crippen LogP contribution in [0.3, 0.4) is 0 Å². The largest absolute Gasteiger partial charge is 0.415 e. The van der Waals surface area contributed by atoms with Crippen LogP contribution in [0.1, 0.15) is 45.5 Å². The zero-order valence-electron chi connectivity index (χ0n) is 21.7. The van der Waals surface area contributed by atoms with Gasteiger partial charge in [-0.05, 0) is 59.4 Å². The molecule has 35 heavy (non-hydrogen) atoms. The Labute approximate surface area is 218 Å². The molecule has 1 aromatic heterocycles. The van der Waals surface area contributed by atoms with Gasteiger partial charge in [-0.25, -0.2) is 8.42 Å². The molecule has 0 aliphatic carbocycles. The van der Waals surface area contributed by atoms with Crippen LogP contribution in [0.5, 0.6) is 0 Å². The summed E-state index contributed by atoms with van der Waals surface area (Å²) < 4.78 is 37.4. The van der Waals surface area contributed by atoms with Crippen LogP contribution < -0.4 is 0 Å². The van der Waals surface area contributed by atoms with Crippen LogP contribution in [0, 0.1) is 10.1 Å². The van der Waals surface area contributed by atoms with Crippen LogP contribution in [0.25, 0.3) is 0 Å². The maximum atomic E-state index is 13.6. The zero-order valence-corrected chi connectivity index (χ0v) is 25.1. The van der Waals surface area contributed by atoms with Gasteiger partial charge in [0, 0.05) is 32.8 Å². The summed E-state index contributed by atoms with van der Waals surface area (Å²) in [7, 11) is -4.31. The molecule has 0 amide bonds. The van der Waals surface area contributed by atoms with E-state index in [0.29, 0.717) is 12.8 Å². The van der Waals surface area contributed by atoms with E-state index in [1.165, 1.54) is 28.6 Å². The highest BCUT2D eigenvalue weighted by Crippen LogP contribution is 2.36. The summed E-state index contributed by atoms with van der Waals surface area (Å²) in [5, 5.41) is 16.1. The number of hydrogen-bond acceptors (Lipinski definition) is 6. The van der Waals surface area contributed by atoms with Crippen molar-refractivity contribution < 1.29 is 17.8 Å². The fourth-order valence-corrected chi connectivity index (χ4v) is 6.97. The normalized spacial score (nSPS) is 12.9. The molecular formula is C23H37BrN4O5SSi. The van der Waals surface area contributed by atoms with Crippen LogP contribution in [0.2, 0.25) is 18.1 Å². The van der Waals surface area contributed by atoms with Crippen molar-refractivity contribution in [2.75, 3.05) is 19.7 Å². The topological polar surface area (TPSA) is 108 Å². The van der Waals surface area contributed by atoms with E-state index in [1.54, 1.807) is 0 Å². The number of aryl methyl sites for hydroxylation is 2. The standard InChI is InChI=1S/C23H37BrN4O5SSi/c1-8-19-22(24)18(25-26(19)5)12-11-15-27(16-17-33-35(6,7)23(2,3)4)34(31,32)21-14-10-9-13-20(21)28(29)30/h9-10,13-14H,8,11-12,15-17H2,1-7H3. The minimum absolute atomic E-state index is 0.0167. The number of sulfonamides is 1. The van der Waals surface area contributed by atoms with Crippen molar-refractivity contribution in [3.05, 3.63) is 50.2 Å². The van der Waals surface area contributed by atoms with Gasteiger partial charge in [0.2, 0.25) is 10.0 Å². The summed E-state index contributed by atoms with van der Waals surface area (Å²) in [6.07, 6.45) is 1.91. The molecular weight excluding hydrogens is 552 g/mol. The van der Waals surface area contributed by atoms with Crippen molar-refractivity contribution in [3.63, 3.8) is 0 Å². The highest BCUT2D eigenvalue weighted by Gasteiger charge is 2.38. The first-order valence-electron chi connectivity index (χ1n) is 11.7. The minimum Gasteiger partial charge on any atom is -0.415 e. The molecule has 196 valence electrons. The van der Waals surface area contributed by atoms with Gasteiger partial charge >= 0.3 is 0 Å². The van der Waals surface area contributed by atoms with Crippen LogP contribution in [0.4, 0.5) is 5.69 Å². The van der Waals surface area contributed by atoms with Gasteiger partial charge in [0.25, 0.3) is 5.69 Å². The first kappa shape index (κ1) is 29.6. The molecule has 0 aliphatic rings. The van der Waals surface area contributed by atoms with Crippen molar-refractivity contribution >= 4 is 40.0 Å². The van der Waals surface area contributed by atoms with E-state index in [9.17, 15) is 18.5 Å². The van der Waals surface area contributed by atoms with Gasteiger partial charge in [0.05, 0.1) is 20.8 Å². The Hall–Kier alpha value is -1.60. The summed E-state index contributed by atoms with van der Waals surface area (Å²) in [5.74, 6) is 0. The van der Waals surface area contributed by atoms with E-state index in [1.807, 2.05) is 11.7 Å². The Balaban J connectivity index is 2.28. The molecule has 0 fully saturated rings. The third-order valence-corrected chi connectivity index (χ3v) is 14.0. The quantitative estimate of drug-likeness (QED) is 0.189. The molecule has 0 saturated heterocycles. The fraction of sp³-hybridized carbons (Fsp3) is 0.609. The lowest BCUT2D eigenvalue weighted by molar-refractivity contribution is -0.387. The Bertz CT molecular complexity index is 1150. The molecule has 0 spiro atoms. The molecule has 1 heterocycles. The van der Waals surface area contributed by atoms with Crippen LogP contribution in [-0.2, 0) is 34.3 Å². The van der Waals surface area contributed by atoms with E-state index < -0.39 is 29.0 Å². The predicted molar refractivity (Wildman–Crippen MR) is 144 cm³/mol. The Morgan fingerprint density at radius 1 is 1.23 bits per heavy atom. The molecule has 2 rings (SSSR count). The summed E-state index contributed by atoms with van der Waals surface area (Å²) in [6.45, 7) is 13.2. The van der Waals surface area contributed by atoms with Gasteiger partial charge in [-0.15, -0.1) is 0 Å². The Morgan fingerprint density at radius 3 is 2.40 bits per heavy atom. The predicted octanol–water partition coefficient (Wildman–Crippen LogP) is 5.30. The van der Waals surface area contributed by atoms with Gasteiger partial charge in [0.1, 0.15) is 0 Å². The lowest BCUT2D eigenvalue weighted by atomic mass is 10.2. The molecule has 9 nitrogen and oxygen atoms in total. The van der Waals surface area contributed by atoms with Crippen LogP contribution >= 0.6 is 15.9 Å². The van der Waals surface area contributed by atoms with Crippen molar-refractivity contribution in [3.8, 4) is 0 Å². The van der Waals surface area contributed by atoms with Crippen molar-refractivity contribution in [2.45, 2.75) is 70.0 Å². The lowest BCUT2D eigenvalue weighted by Gasteiger charge is -2.36. The van der Waals surface area contributed by atoms with Gasteiger partial charge in [-0.3, -0.25) is 14.8 Å². The number of nitro benzene ring substituents is 1. The highest BCUT2D eigenvalue weighted by molar-refractivity contribution is 9.10. The summed E-state index contributed by atoms with van der Waals surface area (Å²) in [5.41, 5.74) is 1.51. The molecule has 0 unspecified atom stereocenters. The van der Waals surface area contributed by atoms with E-state index in [-0.39, 0.29) is 29.6 Å². The van der Waals surface area contributed by atoms with E-state index in [2.05, 4.69) is 61.8 Å². The monoisotopic (exact) mass is 588 g/mol. The van der Waals surface area contributed by atoms with Gasteiger partial charge in [-0.2, -0.15) is 9.40 Å². The van der Waals surface area contributed by atoms with E-state index >= 15 is 0 Å². The third-order valence-electron chi connectivity index (χ3n) is 6.61. The van der Waals surface area contributed by atoms with Gasteiger partial charge < -0.3 is 4.43 Å². The van der Waals surface area contributed by atoms with Crippen molar-refractivity contribution in [1.29, 1.82) is 0 Å². The molecule has 0 atom stereocenters. The molecule has 2 aromatic rings. The third kappa shape index (κ3) is 7.00. The number of aromatic nitrogens is 2. The van der Waals surface area contributed by atoms with Crippen molar-refractivity contribution in [1.82, 2.24) is 14.1 Å². The molecule has 0 saturated carbocycles. The minimum atomic E-state index is -4.11. The van der Waals surface area contributed by atoms with Crippen LogP contribution in [-0.4, -0.2) is 55.4 Å². The summed E-state index contributed by atoms with van der Waals surface area (Å²) in [4.78, 5) is 10.6. The Morgan fingerprint density at radius 2 is 1.86 bits per heavy atom. The van der Waals surface area contributed by atoms with Crippen molar-refractivity contribution in [2.24, 2.45) is 7.05 Å². The van der Waals surface area contributed by atoms with Gasteiger partial charge in [0.15, 0.2) is 13.2 Å². The smallest absolute Gasteiger partial charge is 0.289 e. The highest BCUT2D eigenvalue weighted by atomic mass is 79.9. The maximum Gasteiger partial charge on any atom is 0.289 e. The second-order valence-corrected chi connectivity index (χ2v) is 17.5. The SMILES string of the molecule is CCc1c(Br)c(CCCN(CCO[Si](C)(C)C(C)(C)C)S(=O)(=O)c2ccccc2[N+](=O)[O-])nn1C. The van der Waals surface area contributed by atoms with E-state index in [0.717, 1.165) is 22.3 Å². The molecule has 0 aliphatic heterocycles. The fourth-order valence-electron chi connectivity index (χ4n) is 3.50. The molecule has 0 bridgehead atoms. The van der Waals surface area contributed by atoms with E-state index in [4.69, 9.17) is 4.43 Å². The zero-order chi connectivity index (χ0) is 26.6. The molecule has 0 radical (unpaired) electrons. The number of rotatable bonds is 12.